The normalized spacial score (nSPS) is 15.0. The van der Waals surface area contributed by atoms with Crippen LogP contribution in [0.4, 0.5) is 11.8 Å². The fraction of sp³-hybridized carbons (Fsp3) is 0.308. The van der Waals surface area contributed by atoms with Crippen LogP contribution < -0.4 is 9.80 Å². The summed E-state index contributed by atoms with van der Waals surface area (Å²) in [5, 5.41) is 16.5. The molecule has 0 atom stereocenters. The molecular formula is C13H14N6O2. The number of aromatic nitrogens is 4. The van der Waals surface area contributed by atoms with E-state index in [-0.39, 0.29) is 5.69 Å². The molecule has 2 aromatic rings. The number of hydrogen-bond donors (Lipinski definition) is 1. The second-order valence-electron chi connectivity index (χ2n) is 4.60. The molecule has 3 rings (SSSR count). The largest absolute Gasteiger partial charge is 0.476 e. The Balaban J connectivity index is 1.64. The van der Waals surface area contributed by atoms with E-state index in [1.165, 1.54) is 6.07 Å². The van der Waals surface area contributed by atoms with Gasteiger partial charge in [-0.2, -0.15) is 0 Å². The molecule has 1 aliphatic heterocycles. The van der Waals surface area contributed by atoms with Crippen molar-refractivity contribution in [2.24, 2.45) is 0 Å². The lowest BCUT2D eigenvalue weighted by atomic mass is 10.3. The van der Waals surface area contributed by atoms with Crippen LogP contribution in [0.5, 0.6) is 0 Å². The van der Waals surface area contributed by atoms with Crippen LogP contribution in [-0.2, 0) is 0 Å². The van der Waals surface area contributed by atoms with Crippen LogP contribution in [0, 0.1) is 0 Å². The number of carboxylic acids is 1. The Morgan fingerprint density at radius 3 is 2.24 bits per heavy atom. The monoisotopic (exact) mass is 286 g/mol. The highest BCUT2D eigenvalue weighted by Crippen LogP contribution is 2.15. The highest BCUT2D eigenvalue weighted by atomic mass is 16.4. The standard InChI is InChI=1S/C13H14N6O2/c20-12(21)10-2-3-11(17-16-10)18-6-8-19(9-7-18)13-14-4-1-5-15-13/h1-5H,6-9H2,(H,20,21). The van der Waals surface area contributed by atoms with Gasteiger partial charge in [-0.3, -0.25) is 0 Å². The maximum absolute atomic E-state index is 10.8. The van der Waals surface area contributed by atoms with Crippen molar-refractivity contribution in [2.75, 3.05) is 36.0 Å². The summed E-state index contributed by atoms with van der Waals surface area (Å²) in [6, 6.07) is 4.95. The molecule has 8 heteroatoms. The number of rotatable bonds is 3. The van der Waals surface area contributed by atoms with Gasteiger partial charge in [-0.15, -0.1) is 10.2 Å². The topological polar surface area (TPSA) is 95.3 Å². The Labute approximate surface area is 121 Å². The molecule has 0 aliphatic carbocycles. The van der Waals surface area contributed by atoms with Crippen molar-refractivity contribution in [1.82, 2.24) is 20.2 Å². The van der Waals surface area contributed by atoms with Crippen molar-refractivity contribution in [1.29, 1.82) is 0 Å². The van der Waals surface area contributed by atoms with Gasteiger partial charge in [-0.25, -0.2) is 14.8 Å². The third kappa shape index (κ3) is 2.88. The highest BCUT2D eigenvalue weighted by molar-refractivity contribution is 5.85. The summed E-state index contributed by atoms with van der Waals surface area (Å²) in [6.45, 7) is 3.09. The smallest absolute Gasteiger partial charge is 0.356 e. The van der Waals surface area contributed by atoms with Gasteiger partial charge in [0.05, 0.1) is 0 Å². The maximum Gasteiger partial charge on any atom is 0.356 e. The van der Waals surface area contributed by atoms with Crippen molar-refractivity contribution in [3.8, 4) is 0 Å². The number of carbonyl (C=O) groups is 1. The molecule has 1 saturated heterocycles. The number of carboxylic acid groups (broad SMARTS) is 1. The minimum Gasteiger partial charge on any atom is -0.476 e. The number of anilines is 2. The predicted molar refractivity (Wildman–Crippen MR) is 75.4 cm³/mol. The zero-order valence-electron chi connectivity index (χ0n) is 11.3. The Morgan fingerprint density at radius 2 is 1.67 bits per heavy atom. The van der Waals surface area contributed by atoms with E-state index in [1.54, 1.807) is 24.5 Å². The molecule has 0 aromatic carbocycles. The number of piperazine rings is 1. The van der Waals surface area contributed by atoms with E-state index in [1.807, 2.05) is 0 Å². The minimum absolute atomic E-state index is 0.0462. The molecule has 0 amide bonds. The van der Waals surface area contributed by atoms with Gasteiger partial charge in [-0.1, -0.05) is 0 Å². The first-order chi connectivity index (χ1) is 10.2. The first kappa shape index (κ1) is 13.2. The van der Waals surface area contributed by atoms with Crippen molar-refractivity contribution in [3.63, 3.8) is 0 Å². The molecule has 0 bridgehead atoms. The molecule has 8 nitrogen and oxygen atoms in total. The lowest BCUT2D eigenvalue weighted by Crippen LogP contribution is -2.47. The van der Waals surface area contributed by atoms with Gasteiger partial charge in [0, 0.05) is 38.6 Å². The van der Waals surface area contributed by atoms with Crippen LogP contribution in [0.3, 0.4) is 0 Å². The molecule has 21 heavy (non-hydrogen) atoms. The summed E-state index contributed by atoms with van der Waals surface area (Å²) in [6.07, 6.45) is 3.45. The lowest BCUT2D eigenvalue weighted by Gasteiger charge is -2.35. The highest BCUT2D eigenvalue weighted by Gasteiger charge is 2.20. The molecule has 1 aliphatic rings. The van der Waals surface area contributed by atoms with Gasteiger partial charge < -0.3 is 14.9 Å². The summed E-state index contributed by atoms with van der Waals surface area (Å²) in [5.41, 5.74) is -0.0462. The fourth-order valence-electron chi connectivity index (χ4n) is 2.20. The lowest BCUT2D eigenvalue weighted by molar-refractivity contribution is 0.0689. The first-order valence-corrected chi connectivity index (χ1v) is 6.58. The summed E-state index contributed by atoms with van der Waals surface area (Å²) in [7, 11) is 0. The van der Waals surface area contributed by atoms with E-state index in [9.17, 15) is 4.79 Å². The van der Waals surface area contributed by atoms with Gasteiger partial charge in [0.1, 0.15) is 0 Å². The van der Waals surface area contributed by atoms with Gasteiger partial charge in [0.15, 0.2) is 11.5 Å². The van der Waals surface area contributed by atoms with Crippen LogP contribution in [-0.4, -0.2) is 57.4 Å². The molecule has 0 unspecified atom stereocenters. The zero-order valence-corrected chi connectivity index (χ0v) is 11.3. The SMILES string of the molecule is O=C(O)c1ccc(N2CCN(c3ncccn3)CC2)nn1. The zero-order chi connectivity index (χ0) is 14.7. The van der Waals surface area contributed by atoms with Crippen molar-refractivity contribution in [3.05, 3.63) is 36.3 Å². The van der Waals surface area contributed by atoms with Gasteiger partial charge in [0.25, 0.3) is 0 Å². The van der Waals surface area contributed by atoms with Crippen LogP contribution >= 0.6 is 0 Å². The van der Waals surface area contributed by atoms with E-state index in [0.29, 0.717) is 5.82 Å². The maximum atomic E-state index is 10.8. The van der Waals surface area contributed by atoms with Crippen molar-refractivity contribution in [2.45, 2.75) is 0 Å². The molecule has 108 valence electrons. The van der Waals surface area contributed by atoms with Gasteiger partial charge in [0.2, 0.25) is 5.95 Å². The molecule has 3 heterocycles. The number of aromatic carboxylic acids is 1. The Hall–Kier alpha value is -2.77. The van der Waals surface area contributed by atoms with E-state index in [4.69, 9.17) is 5.11 Å². The van der Waals surface area contributed by atoms with Gasteiger partial charge in [-0.05, 0) is 18.2 Å². The van der Waals surface area contributed by atoms with E-state index in [0.717, 1.165) is 32.1 Å². The molecular weight excluding hydrogens is 272 g/mol. The molecule has 0 spiro atoms. The van der Waals surface area contributed by atoms with Crippen molar-refractivity contribution < 1.29 is 9.90 Å². The first-order valence-electron chi connectivity index (χ1n) is 6.58. The molecule has 0 saturated carbocycles. The Bertz CT molecular complexity index is 610. The second kappa shape index (κ2) is 5.70. The summed E-state index contributed by atoms with van der Waals surface area (Å²) in [5.74, 6) is 0.346. The molecule has 0 radical (unpaired) electrons. The second-order valence-corrected chi connectivity index (χ2v) is 4.60. The summed E-state index contributed by atoms with van der Waals surface area (Å²) < 4.78 is 0. The van der Waals surface area contributed by atoms with Gasteiger partial charge >= 0.3 is 5.97 Å². The summed E-state index contributed by atoms with van der Waals surface area (Å²) >= 11 is 0. The predicted octanol–water partition coefficient (Wildman–Crippen LogP) is 0.291. The van der Waals surface area contributed by atoms with Crippen LogP contribution in [0.15, 0.2) is 30.6 Å². The minimum atomic E-state index is -1.07. The summed E-state index contributed by atoms with van der Waals surface area (Å²) in [4.78, 5) is 23.4. The number of hydrogen-bond acceptors (Lipinski definition) is 7. The third-order valence-corrected chi connectivity index (χ3v) is 3.31. The van der Waals surface area contributed by atoms with E-state index in [2.05, 4.69) is 30.0 Å². The van der Waals surface area contributed by atoms with E-state index < -0.39 is 5.97 Å². The van der Waals surface area contributed by atoms with E-state index >= 15 is 0 Å². The van der Waals surface area contributed by atoms with Crippen LogP contribution in [0.25, 0.3) is 0 Å². The fourth-order valence-corrected chi connectivity index (χ4v) is 2.20. The molecule has 1 N–H and O–H groups in total. The Kier molecular flexibility index (Phi) is 3.59. The molecule has 2 aromatic heterocycles. The average Bonchev–Trinajstić information content (AvgIpc) is 2.56. The third-order valence-electron chi connectivity index (χ3n) is 3.31. The number of nitrogens with zero attached hydrogens (tertiary/aromatic N) is 6. The van der Waals surface area contributed by atoms with Crippen LogP contribution in [0.2, 0.25) is 0 Å². The average molecular weight is 286 g/mol. The van der Waals surface area contributed by atoms with Crippen molar-refractivity contribution >= 4 is 17.7 Å². The quantitative estimate of drug-likeness (QED) is 0.860. The van der Waals surface area contributed by atoms with Crippen LogP contribution in [0.1, 0.15) is 10.5 Å². The molecule has 1 fully saturated rings. The Morgan fingerprint density at radius 1 is 1.00 bits per heavy atom.